The van der Waals surface area contributed by atoms with Crippen LogP contribution in [0.4, 0.5) is 0 Å². The fourth-order valence-electron chi connectivity index (χ4n) is 4.94. The van der Waals surface area contributed by atoms with Crippen LogP contribution in [0.5, 0.6) is 0 Å². The molecule has 1 heterocycles. The minimum absolute atomic E-state index is 0.0418. The second kappa shape index (κ2) is 12.8. The molecule has 2 aromatic carbocycles. The summed E-state index contributed by atoms with van der Waals surface area (Å²) in [5.74, 6) is 0.0418. The first-order chi connectivity index (χ1) is 16.8. The maximum atomic E-state index is 11.8. The van der Waals surface area contributed by atoms with Crippen LogP contribution in [0.3, 0.4) is 0 Å². The molecule has 1 fully saturated rings. The molecule has 0 N–H and O–H groups in total. The molecule has 5 heteroatoms. The van der Waals surface area contributed by atoms with Crippen LogP contribution in [0.2, 0.25) is 5.04 Å². The van der Waals surface area contributed by atoms with Gasteiger partial charge >= 0.3 is 0 Å². The number of hydrogen-bond donors (Lipinski definition) is 0. The Morgan fingerprint density at radius 1 is 0.971 bits per heavy atom. The predicted octanol–water partition coefficient (Wildman–Crippen LogP) is 5.64. The smallest absolute Gasteiger partial charge is 0.261 e. The highest BCUT2D eigenvalue weighted by molar-refractivity contribution is 6.99. The molecular formula is C30H42O4Si. The van der Waals surface area contributed by atoms with Gasteiger partial charge in [0.25, 0.3) is 8.32 Å². The van der Waals surface area contributed by atoms with Crippen molar-refractivity contribution in [1.82, 2.24) is 0 Å². The molecule has 0 bridgehead atoms. The van der Waals surface area contributed by atoms with Crippen LogP contribution in [0, 0.1) is 5.92 Å². The fourth-order valence-corrected chi connectivity index (χ4v) is 9.72. The normalized spacial score (nSPS) is 19.9. The summed E-state index contributed by atoms with van der Waals surface area (Å²) >= 11 is 0. The van der Waals surface area contributed by atoms with Crippen molar-refractivity contribution in [3.8, 4) is 0 Å². The van der Waals surface area contributed by atoms with E-state index in [2.05, 4.69) is 88.4 Å². The number of aldehydes is 1. The molecule has 0 aromatic heterocycles. The summed E-state index contributed by atoms with van der Waals surface area (Å²) in [7, 11) is -2.75. The monoisotopic (exact) mass is 494 g/mol. The van der Waals surface area contributed by atoms with Gasteiger partial charge in [0.1, 0.15) is 6.29 Å². The minimum Gasteiger partial charge on any atom is -0.403 e. The molecule has 1 saturated heterocycles. The number of rotatable bonds is 11. The van der Waals surface area contributed by atoms with Crippen molar-refractivity contribution in [3.63, 3.8) is 0 Å². The third kappa shape index (κ3) is 7.01. The van der Waals surface area contributed by atoms with Crippen molar-refractivity contribution in [2.45, 2.75) is 83.8 Å². The van der Waals surface area contributed by atoms with Crippen molar-refractivity contribution in [2.24, 2.45) is 5.92 Å². The molecule has 0 amide bonds. The second-order valence-corrected chi connectivity index (χ2v) is 14.9. The molecule has 190 valence electrons. The SMILES string of the molecule is C[C@H](/C=C/[C@H](C)OC1CCCCO1)[C@@H](CC=O)O[Si](c1ccccc1)(c1ccccc1)C(C)(C)C. The van der Waals surface area contributed by atoms with Crippen LogP contribution in [0.25, 0.3) is 0 Å². The van der Waals surface area contributed by atoms with Crippen LogP contribution in [-0.4, -0.2) is 39.7 Å². The topological polar surface area (TPSA) is 44.8 Å². The molecular weight excluding hydrogens is 452 g/mol. The molecule has 3 rings (SSSR count). The summed E-state index contributed by atoms with van der Waals surface area (Å²) in [4.78, 5) is 11.8. The van der Waals surface area contributed by atoms with E-state index in [9.17, 15) is 4.79 Å². The van der Waals surface area contributed by atoms with Gasteiger partial charge in [-0.1, -0.05) is 101 Å². The van der Waals surface area contributed by atoms with Gasteiger partial charge in [-0.2, -0.15) is 0 Å². The standard InChI is InChI=1S/C30H42O4Si/c1-24(19-20-25(2)33-29-18-12-13-23-32-29)28(21-22-31)34-35(30(3,4)5,26-14-8-6-9-15-26)27-16-10-7-11-17-27/h6-11,14-17,19-20,22,24-25,28-29H,12-13,18,21,23H2,1-5H3/b20-19+/t24-,25+,28-,29?/m1/s1. The Hall–Kier alpha value is -2.05. The Kier molecular flexibility index (Phi) is 10.0. The average Bonchev–Trinajstić information content (AvgIpc) is 2.86. The first-order valence-corrected chi connectivity index (χ1v) is 14.9. The Morgan fingerprint density at radius 2 is 1.57 bits per heavy atom. The molecule has 1 aliphatic heterocycles. The van der Waals surface area contributed by atoms with Crippen LogP contribution < -0.4 is 10.4 Å². The van der Waals surface area contributed by atoms with Gasteiger partial charge in [0.05, 0.1) is 12.2 Å². The fraction of sp³-hybridized carbons (Fsp3) is 0.500. The van der Waals surface area contributed by atoms with Gasteiger partial charge in [-0.3, -0.25) is 0 Å². The van der Waals surface area contributed by atoms with Gasteiger partial charge < -0.3 is 18.7 Å². The van der Waals surface area contributed by atoms with E-state index in [0.29, 0.717) is 6.42 Å². The Bertz CT molecular complexity index is 877. The Morgan fingerprint density at radius 3 is 2.06 bits per heavy atom. The molecule has 0 aliphatic carbocycles. The van der Waals surface area contributed by atoms with E-state index >= 15 is 0 Å². The summed E-state index contributed by atoms with van der Waals surface area (Å²) in [6, 6.07) is 21.2. The van der Waals surface area contributed by atoms with Gasteiger partial charge in [0.15, 0.2) is 6.29 Å². The van der Waals surface area contributed by atoms with Crippen molar-refractivity contribution < 1.29 is 18.7 Å². The van der Waals surface area contributed by atoms with E-state index in [1.54, 1.807) is 0 Å². The van der Waals surface area contributed by atoms with Gasteiger partial charge in [-0.05, 0) is 47.5 Å². The largest absolute Gasteiger partial charge is 0.403 e. The number of hydrogen-bond acceptors (Lipinski definition) is 4. The summed E-state index contributed by atoms with van der Waals surface area (Å²) in [6.45, 7) is 11.7. The highest BCUT2D eigenvalue weighted by Crippen LogP contribution is 2.38. The van der Waals surface area contributed by atoms with Gasteiger partial charge in [0.2, 0.25) is 0 Å². The summed E-state index contributed by atoms with van der Waals surface area (Å²) in [5.41, 5.74) is 0. The molecule has 0 saturated carbocycles. The molecule has 0 spiro atoms. The van der Waals surface area contributed by atoms with E-state index in [1.165, 1.54) is 10.4 Å². The lowest BCUT2D eigenvalue weighted by Gasteiger charge is -2.45. The molecule has 2 aromatic rings. The van der Waals surface area contributed by atoms with Crippen molar-refractivity contribution >= 4 is 25.0 Å². The zero-order valence-corrected chi connectivity index (χ0v) is 23.0. The molecule has 1 aliphatic rings. The van der Waals surface area contributed by atoms with Crippen molar-refractivity contribution in [1.29, 1.82) is 0 Å². The van der Waals surface area contributed by atoms with E-state index in [4.69, 9.17) is 13.9 Å². The molecule has 4 atom stereocenters. The third-order valence-corrected chi connectivity index (χ3v) is 11.9. The minimum atomic E-state index is -2.75. The maximum absolute atomic E-state index is 11.8. The lowest BCUT2D eigenvalue weighted by atomic mass is 10.0. The molecule has 0 radical (unpaired) electrons. The quantitative estimate of drug-likeness (QED) is 0.230. The highest BCUT2D eigenvalue weighted by Gasteiger charge is 2.51. The van der Waals surface area contributed by atoms with Crippen LogP contribution in [0.1, 0.15) is 60.3 Å². The summed E-state index contributed by atoms with van der Waals surface area (Å²) in [6.07, 6.45) is 8.31. The summed E-state index contributed by atoms with van der Waals surface area (Å²) in [5, 5.41) is 2.29. The third-order valence-electron chi connectivity index (χ3n) is 6.85. The highest BCUT2D eigenvalue weighted by atomic mass is 28.4. The average molecular weight is 495 g/mol. The molecule has 1 unspecified atom stereocenters. The predicted molar refractivity (Wildman–Crippen MR) is 146 cm³/mol. The Balaban J connectivity index is 1.90. The van der Waals surface area contributed by atoms with Crippen LogP contribution in [0.15, 0.2) is 72.8 Å². The first-order valence-electron chi connectivity index (χ1n) is 13.0. The van der Waals surface area contributed by atoms with E-state index in [-0.39, 0.29) is 29.5 Å². The number of carbonyl (C=O) groups excluding carboxylic acids is 1. The van der Waals surface area contributed by atoms with Crippen LogP contribution >= 0.6 is 0 Å². The van der Waals surface area contributed by atoms with Gasteiger partial charge in [-0.15, -0.1) is 0 Å². The number of carbonyl (C=O) groups is 1. The first kappa shape index (κ1) is 27.5. The van der Waals surface area contributed by atoms with Gasteiger partial charge in [-0.25, -0.2) is 0 Å². The van der Waals surface area contributed by atoms with E-state index < -0.39 is 8.32 Å². The zero-order chi connectivity index (χ0) is 25.3. The van der Waals surface area contributed by atoms with E-state index in [1.807, 2.05) is 19.1 Å². The van der Waals surface area contributed by atoms with Gasteiger partial charge in [0, 0.05) is 13.0 Å². The summed E-state index contributed by atoms with van der Waals surface area (Å²) < 4.78 is 19.0. The van der Waals surface area contributed by atoms with Crippen molar-refractivity contribution in [3.05, 3.63) is 72.8 Å². The van der Waals surface area contributed by atoms with Crippen LogP contribution in [-0.2, 0) is 18.7 Å². The Labute approximate surface area is 212 Å². The maximum Gasteiger partial charge on any atom is 0.261 e. The zero-order valence-electron chi connectivity index (χ0n) is 22.0. The van der Waals surface area contributed by atoms with E-state index in [0.717, 1.165) is 32.2 Å². The lowest BCUT2D eigenvalue weighted by molar-refractivity contribution is -0.175. The van der Waals surface area contributed by atoms with Crippen molar-refractivity contribution in [2.75, 3.05) is 6.61 Å². The second-order valence-electron chi connectivity index (χ2n) is 10.6. The molecule has 4 nitrogen and oxygen atoms in total. The lowest BCUT2D eigenvalue weighted by Crippen LogP contribution is -2.68. The number of benzene rings is 2. The number of ether oxygens (including phenoxy) is 2. The molecule has 35 heavy (non-hydrogen) atoms.